The third-order valence-corrected chi connectivity index (χ3v) is 5.49. The van der Waals surface area contributed by atoms with Gasteiger partial charge in [-0.2, -0.15) is 10.2 Å². The Hall–Kier alpha value is -4.48. The monoisotopic (exact) mass is 476 g/mol. The maximum atomic E-state index is 12.3. The zero-order valence-electron chi connectivity index (χ0n) is 20.3. The van der Waals surface area contributed by atoms with E-state index in [1.807, 2.05) is 36.7 Å². The molecule has 0 saturated carbocycles. The van der Waals surface area contributed by atoms with Crippen molar-refractivity contribution in [2.45, 2.75) is 33.7 Å². The third kappa shape index (κ3) is 4.50. The van der Waals surface area contributed by atoms with Crippen LogP contribution in [0.2, 0.25) is 0 Å². The minimum absolute atomic E-state index is 0.139. The molecule has 0 bridgehead atoms. The number of carbonyl (C=O) groups is 1. The molecule has 3 aromatic heterocycles. The smallest absolute Gasteiger partial charge is 0.254 e. The molecule has 4 aromatic rings. The number of rotatable bonds is 9. The molecule has 0 atom stereocenters. The van der Waals surface area contributed by atoms with Crippen molar-refractivity contribution in [3.8, 4) is 17.1 Å². The second-order valence-electron chi connectivity index (χ2n) is 7.94. The molecule has 0 spiro atoms. The fraction of sp³-hybridized carbons (Fsp3) is 0.304. The minimum Gasteiger partial charge on any atom is -0.494 e. The van der Waals surface area contributed by atoms with Gasteiger partial charge in [-0.25, -0.2) is 20.0 Å². The fourth-order valence-corrected chi connectivity index (χ4v) is 3.86. The number of amides is 1. The van der Waals surface area contributed by atoms with Gasteiger partial charge in [0.1, 0.15) is 23.9 Å². The van der Waals surface area contributed by atoms with Crippen LogP contribution < -0.4 is 20.9 Å². The first-order chi connectivity index (χ1) is 16.8. The SMILES string of the molecule is CCCn1nc(C)c(NN(c2cccc(-c3ncn(C)n3)c2OC)c2ncncc2C(N)=O)c1C. The van der Waals surface area contributed by atoms with Gasteiger partial charge >= 0.3 is 0 Å². The van der Waals surface area contributed by atoms with Crippen molar-refractivity contribution in [3.63, 3.8) is 0 Å². The minimum atomic E-state index is -0.663. The number of carbonyl (C=O) groups excluding carboxylic acids is 1. The first-order valence-corrected chi connectivity index (χ1v) is 11.1. The Morgan fingerprint density at radius 3 is 2.69 bits per heavy atom. The molecule has 1 amide bonds. The molecule has 0 unspecified atom stereocenters. The van der Waals surface area contributed by atoms with Crippen molar-refractivity contribution in [2.24, 2.45) is 12.8 Å². The first-order valence-electron chi connectivity index (χ1n) is 11.1. The summed E-state index contributed by atoms with van der Waals surface area (Å²) in [7, 11) is 3.36. The molecule has 0 fully saturated rings. The Labute approximate surface area is 202 Å². The number of primary amides is 1. The van der Waals surface area contributed by atoms with Crippen LogP contribution in [0.25, 0.3) is 11.4 Å². The summed E-state index contributed by atoms with van der Waals surface area (Å²) < 4.78 is 9.39. The van der Waals surface area contributed by atoms with E-state index in [2.05, 4.69) is 37.5 Å². The lowest BCUT2D eigenvalue weighted by Crippen LogP contribution is -2.30. The van der Waals surface area contributed by atoms with E-state index >= 15 is 0 Å². The van der Waals surface area contributed by atoms with E-state index in [0.29, 0.717) is 22.8 Å². The number of benzene rings is 1. The second kappa shape index (κ2) is 9.79. The van der Waals surface area contributed by atoms with Crippen LogP contribution in [0.4, 0.5) is 17.2 Å². The number of nitrogens with one attached hydrogen (secondary N) is 1. The highest BCUT2D eigenvalue weighted by molar-refractivity contribution is 5.99. The highest BCUT2D eigenvalue weighted by Gasteiger charge is 2.26. The Kier molecular flexibility index (Phi) is 6.62. The van der Waals surface area contributed by atoms with Crippen LogP contribution in [-0.2, 0) is 13.6 Å². The molecule has 0 saturated heterocycles. The Balaban J connectivity index is 1.93. The van der Waals surface area contributed by atoms with Gasteiger partial charge in [-0.3, -0.25) is 19.6 Å². The molecule has 182 valence electrons. The van der Waals surface area contributed by atoms with Crippen molar-refractivity contribution in [2.75, 3.05) is 17.5 Å². The summed E-state index contributed by atoms with van der Waals surface area (Å²) in [5.74, 6) is 0.576. The van der Waals surface area contributed by atoms with Crippen LogP contribution in [0.5, 0.6) is 5.75 Å². The van der Waals surface area contributed by atoms with Crippen molar-refractivity contribution in [1.29, 1.82) is 0 Å². The molecule has 12 nitrogen and oxygen atoms in total. The molecular formula is C23H28N10O2. The molecule has 12 heteroatoms. The summed E-state index contributed by atoms with van der Waals surface area (Å²) >= 11 is 0. The number of hydrazine groups is 1. The molecule has 0 aliphatic carbocycles. The summed E-state index contributed by atoms with van der Waals surface area (Å²) in [6.07, 6.45) is 5.29. The number of hydrogen-bond donors (Lipinski definition) is 2. The van der Waals surface area contributed by atoms with Gasteiger partial charge in [0.05, 0.1) is 29.7 Å². The van der Waals surface area contributed by atoms with Crippen LogP contribution >= 0.6 is 0 Å². The van der Waals surface area contributed by atoms with E-state index in [-0.39, 0.29) is 11.4 Å². The Morgan fingerprint density at radius 1 is 1.23 bits per heavy atom. The van der Waals surface area contributed by atoms with Crippen molar-refractivity contribution >= 4 is 23.1 Å². The number of para-hydroxylation sites is 1. The number of aryl methyl sites for hydroxylation is 3. The largest absolute Gasteiger partial charge is 0.494 e. The van der Waals surface area contributed by atoms with Gasteiger partial charge in [0, 0.05) is 19.8 Å². The van der Waals surface area contributed by atoms with Crippen molar-refractivity contribution in [1.82, 2.24) is 34.5 Å². The van der Waals surface area contributed by atoms with E-state index in [0.717, 1.165) is 30.0 Å². The van der Waals surface area contributed by atoms with E-state index < -0.39 is 5.91 Å². The predicted octanol–water partition coefficient (Wildman–Crippen LogP) is 2.77. The van der Waals surface area contributed by atoms with E-state index in [4.69, 9.17) is 10.5 Å². The van der Waals surface area contributed by atoms with Crippen LogP contribution in [0.3, 0.4) is 0 Å². The normalized spacial score (nSPS) is 10.9. The highest BCUT2D eigenvalue weighted by Crippen LogP contribution is 2.41. The molecule has 4 rings (SSSR count). The van der Waals surface area contributed by atoms with Crippen LogP contribution in [0.1, 0.15) is 35.1 Å². The lowest BCUT2D eigenvalue weighted by molar-refractivity contribution is 0.1000. The van der Waals surface area contributed by atoms with Crippen molar-refractivity contribution < 1.29 is 9.53 Å². The average molecular weight is 477 g/mol. The molecule has 35 heavy (non-hydrogen) atoms. The topological polar surface area (TPSA) is 142 Å². The summed E-state index contributed by atoms with van der Waals surface area (Å²) in [5, 5.41) is 10.7. The van der Waals surface area contributed by atoms with Gasteiger partial charge in [-0.15, -0.1) is 0 Å². The lowest BCUT2D eigenvalue weighted by Gasteiger charge is -2.28. The van der Waals surface area contributed by atoms with Gasteiger partial charge < -0.3 is 10.5 Å². The molecule has 0 aliphatic rings. The lowest BCUT2D eigenvalue weighted by atomic mass is 10.1. The van der Waals surface area contributed by atoms with Crippen LogP contribution in [0, 0.1) is 13.8 Å². The Morgan fingerprint density at radius 2 is 2.03 bits per heavy atom. The maximum absolute atomic E-state index is 12.3. The zero-order valence-corrected chi connectivity index (χ0v) is 20.3. The number of aromatic nitrogens is 7. The zero-order chi connectivity index (χ0) is 25.1. The van der Waals surface area contributed by atoms with E-state index in [9.17, 15) is 4.79 Å². The number of nitrogens with two attached hydrogens (primary N) is 1. The van der Waals surface area contributed by atoms with Gasteiger partial charge in [0.2, 0.25) is 0 Å². The average Bonchev–Trinajstić information content (AvgIpc) is 3.40. The van der Waals surface area contributed by atoms with Crippen LogP contribution in [-0.4, -0.2) is 47.5 Å². The van der Waals surface area contributed by atoms with Gasteiger partial charge in [-0.1, -0.05) is 13.0 Å². The molecular weight excluding hydrogens is 448 g/mol. The number of nitrogens with zero attached hydrogens (tertiary/aromatic N) is 8. The molecule has 3 N–H and O–H groups in total. The quantitative estimate of drug-likeness (QED) is 0.349. The highest BCUT2D eigenvalue weighted by atomic mass is 16.5. The number of ether oxygens (including phenoxy) is 1. The standard InChI is InChI=1S/C23H28N10O2/c1-6-10-32-15(3)19(14(2)28-32)29-33(23-17(21(24)34)11-25-12-26-23)18-9-7-8-16(20(18)35-5)22-27-13-31(4)30-22/h7-9,11-13,29H,6,10H2,1-5H3,(H2,24,34). The number of hydrogen-bond acceptors (Lipinski definition) is 9. The molecule has 1 aromatic carbocycles. The van der Waals surface area contributed by atoms with E-state index in [1.54, 1.807) is 30.2 Å². The summed E-state index contributed by atoms with van der Waals surface area (Å²) in [6, 6.07) is 5.55. The molecule has 0 radical (unpaired) electrons. The molecule has 3 heterocycles. The van der Waals surface area contributed by atoms with Gasteiger partial charge in [0.15, 0.2) is 17.4 Å². The molecule has 0 aliphatic heterocycles. The summed E-state index contributed by atoms with van der Waals surface area (Å²) in [5.41, 5.74) is 13.0. The maximum Gasteiger partial charge on any atom is 0.254 e. The third-order valence-electron chi connectivity index (χ3n) is 5.49. The second-order valence-corrected chi connectivity index (χ2v) is 7.94. The Bertz CT molecular complexity index is 1360. The fourth-order valence-electron chi connectivity index (χ4n) is 3.86. The number of anilines is 3. The van der Waals surface area contributed by atoms with Gasteiger partial charge in [-0.05, 0) is 32.4 Å². The van der Waals surface area contributed by atoms with Gasteiger partial charge in [0.25, 0.3) is 5.91 Å². The predicted molar refractivity (Wildman–Crippen MR) is 131 cm³/mol. The van der Waals surface area contributed by atoms with Crippen LogP contribution in [0.15, 0.2) is 37.1 Å². The van der Waals surface area contributed by atoms with Crippen molar-refractivity contribution in [3.05, 3.63) is 54.0 Å². The summed E-state index contributed by atoms with van der Waals surface area (Å²) in [6.45, 7) is 6.77. The number of methoxy groups -OCH3 is 1. The first kappa shape index (κ1) is 23.7. The summed E-state index contributed by atoms with van der Waals surface area (Å²) in [4.78, 5) is 25.0. The van der Waals surface area contributed by atoms with E-state index in [1.165, 1.54) is 12.5 Å².